The second-order valence-corrected chi connectivity index (χ2v) is 6.13. The van der Waals surface area contributed by atoms with Gasteiger partial charge in [0.1, 0.15) is 5.60 Å². The van der Waals surface area contributed by atoms with Crippen molar-refractivity contribution in [3.8, 4) is 0 Å². The molecule has 1 aliphatic heterocycles. The van der Waals surface area contributed by atoms with Gasteiger partial charge in [-0.3, -0.25) is 0 Å². The highest BCUT2D eigenvalue weighted by Gasteiger charge is 2.38. The van der Waals surface area contributed by atoms with E-state index in [2.05, 4.69) is 20.8 Å². The third-order valence-electron chi connectivity index (χ3n) is 2.85. The molecule has 1 heterocycles. The van der Waals surface area contributed by atoms with Gasteiger partial charge < -0.3 is 4.74 Å². The fourth-order valence-corrected chi connectivity index (χ4v) is 2.07. The average molecular weight is 230 g/mol. The summed E-state index contributed by atoms with van der Waals surface area (Å²) in [5.74, 6) is 0.0490. The second-order valence-electron chi connectivity index (χ2n) is 6.13. The summed E-state index contributed by atoms with van der Waals surface area (Å²) in [6.07, 6.45) is 2.96. The molecule has 1 aliphatic rings. The summed E-state index contributed by atoms with van der Waals surface area (Å²) < 4.78 is 5.94. The smallest absolute Gasteiger partial charge is 0.199 e. The Bertz CT molecular complexity index is 225. The van der Waals surface area contributed by atoms with E-state index in [-0.39, 0.29) is 11.7 Å². The minimum absolute atomic E-state index is 0.162. The Morgan fingerprint density at radius 2 is 1.81 bits per heavy atom. The lowest BCUT2D eigenvalue weighted by molar-refractivity contribution is -0.443. The van der Waals surface area contributed by atoms with Gasteiger partial charge in [-0.2, -0.15) is 0 Å². The van der Waals surface area contributed by atoms with Gasteiger partial charge in [0.05, 0.1) is 6.10 Å². The minimum atomic E-state index is -0.600. The Labute approximate surface area is 99.4 Å². The molecule has 0 aromatic rings. The molecule has 0 radical (unpaired) electrons. The molecule has 1 fully saturated rings. The van der Waals surface area contributed by atoms with Crippen molar-refractivity contribution in [2.24, 2.45) is 5.92 Å². The number of ether oxygens (including phenoxy) is 1. The first-order valence-corrected chi connectivity index (χ1v) is 6.27. The van der Waals surface area contributed by atoms with E-state index in [0.717, 1.165) is 19.3 Å². The summed E-state index contributed by atoms with van der Waals surface area (Å²) in [5.41, 5.74) is -0.269. The average Bonchev–Trinajstić information content (AvgIpc) is 2.20. The van der Waals surface area contributed by atoms with Crippen molar-refractivity contribution in [1.82, 2.24) is 0 Å². The molecule has 3 heteroatoms. The van der Waals surface area contributed by atoms with Crippen molar-refractivity contribution in [3.05, 3.63) is 0 Å². The SMILES string of the molecule is CC(C)CCC1(C)OOC(C)(C)CC(C)O1. The summed E-state index contributed by atoms with van der Waals surface area (Å²) >= 11 is 0. The van der Waals surface area contributed by atoms with E-state index >= 15 is 0 Å². The predicted octanol–water partition coefficient (Wildman–Crippen LogP) is 3.67. The van der Waals surface area contributed by atoms with Gasteiger partial charge in [0.15, 0.2) is 5.79 Å². The molecule has 2 unspecified atom stereocenters. The van der Waals surface area contributed by atoms with Crippen LogP contribution in [0.5, 0.6) is 0 Å². The van der Waals surface area contributed by atoms with Crippen LogP contribution in [0, 0.1) is 5.92 Å². The van der Waals surface area contributed by atoms with Crippen LogP contribution in [0.4, 0.5) is 0 Å². The monoisotopic (exact) mass is 230 g/mol. The second kappa shape index (κ2) is 5.03. The molecule has 3 nitrogen and oxygen atoms in total. The molecule has 0 aromatic carbocycles. The van der Waals surface area contributed by atoms with E-state index < -0.39 is 5.79 Å². The summed E-state index contributed by atoms with van der Waals surface area (Å²) in [7, 11) is 0. The zero-order chi connectivity index (χ0) is 12.4. The fraction of sp³-hybridized carbons (Fsp3) is 1.00. The van der Waals surface area contributed by atoms with Crippen LogP contribution in [0.1, 0.15) is 60.8 Å². The zero-order valence-electron chi connectivity index (χ0n) is 11.5. The molecule has 1 saturated heterocycles. The van der Waals surface area contributed by atoms with E-state index in [4.69, 9.17) is 14.5 Å². The van der Waals surface area contributed by atoms with Gasteiger partial charge in [-0.25, -0.2) is 9.78 Å². The van der Waals surface area contributed by atoms with Crippen molar-refractivity contribution < 1.29 is 14.5 Å². The van der Waals surface area contributed by atoms with Crippen molar-refractivity contribution >= 4 is 0 Å². The van der Waals surface area contributed by atoms with Crippen LogP contribution in [0.2, 0.25) is 0 Å². The standard InChI is InChI=1S/C13H26O3/c1-10(2)7-8-13(6)14-11(3)9-12(4,5)15-16-13/h10-11H,7-9H2,1-6H3. The summed E-state index contributed by atoms with van der Waals surface area (Å²) in [4.78, 5) is 11.0. The quantitative estimate of drug-likeness (QED) is 0.692. The normalized spacial score (nSPS) is 35.1. The van der Waals surface area contributed by atoms with Gasteiger partial charge in [0, 0.05) is 12.8 Å². The maximum absolute atomic E-state index is 5.94. The molecule has 0 bridgehead atoms. The van der Waals surface area contributed by atoms with Crippen LogP contribution in [0.15, 0.2) is 0 Å². The van der Waals surface area contributed by atoms with Gasteiger partial charge in [0.2, 0.25) is 0 Å². The highest BCUT2D eigenvalue weighted by atomic mass is 17.2. The lowest BCUT2D eigenvalue weighted by atomic mass is 10.0. The Morgan fingerprint density at radius 1 is 1.19 bits per heavy atom. The molecule has 0 N–H and O–H groups in total. The molecule has 96 valence electrons. The first kappa shape index (κ1) is 13.9. The summed E-state index contributed by atoms with van der Waals surface area (Å²) in [6, 6.07) is 0. The highest BCUT2D eigenvalue weighted by molar-refractivity contribution is 4.76. The van der Waals surface area contributed by atoms with Gasteiger partial charge in [-0.15, -0.1) is 0 Å². The maximum Gasteiger partial charge on any atom is 0.199 e. The predicted molar refractivity (Wildman–Crippen MR) is 63.9 cm³/mol. The molecule has 0 amide bonds. The lowest BCUT2D eigenvalue weighted by Crippen LogP contribution is -2.34. The lowest BCUT2D eigenvalue weighted by Gasteiger charge is -2.29. The third kappa shape index (κ3) is 4.40. The summed E-state index contributed by atoms with van der Waals surface area (Å²) in [6.45, 7) is 12.5. The third-order valence-corrected chi connectivity index (χ3v) is 2.85. The molecule has 0 aliphatic carbocycles. The molecule has 16 heavy (non-hydrogen) atoms. The first-order valence-electron chi connectivity index (χ1n) is 6.27. The van der Waals surface area contributed by atoms with Gasteiger partial charge in [0.25, 0.3) is 0 Å². The van der Waals surface area contributed by atoms with E-state index in [1.165, 1.54) is 0 Å². The van der Waals surface area contributed by atoms with Crippen molar-refractivity contribution in [2.45, 2.75) is 78.3 Å². The van der Waals surface area contributed by atoms with Crippen molar-refractivity contribution in [2.75, 3.05) is 0 Å². The van der Waals surface area contributed by atoms with Crippen LogP contribution < -0.4 is 0 Å². The summed E-state index contributed by atoms with van der Waals surface area (Å²) in [5, 5.41) is 0. The largest absolute Gasteiger partial charge is 0.344 e. The zero-order valence-corrected chi connectivity index (χ0v) is 11.5. The van der Waals surface area contributed by atoms with E-state index in [0.29, 0.717) is 5.92 Å². The Kier molecular flexibility index (Phi) is 4.38. The highest BCUT2D eigenvalue weighted by Crippen LogP contribution is 2.33. The van der Waals surface area contributed by atoms with Crippen LogP contribution >= 0.6 is 0 Å². The van der Waals surface area contributed by atoms with Crippen molar-refractivity contribution in [3.63, 3.8) is 0 Å². The Hall–Kier alpha value is -0.120. The topological polar surface area (TPSA) is 27.7 Å². The van der Waals surface area contributed by atoms with Gasteiger partial charge in [-0.05, 0) is 40.0 Å². The van der Waals surface area contributed by atoms with Gasteiger partial charge in [-0.1, -0.05) is 13.8 Å². The van der Waals surface area contributed by atoms with Gasteiger partial charge >= 0.3 is 0 Å². The van der Waals surface area contributed by atoms with E-state index in [9.17, 15) is 0 Å². The fourth-order valence-electron chi connectivity index (χ4n) is 2.07. The minimum Gasteiger partial charge on any atom is -0.344 e. The molecule has 0 saturated carbocycles. The number of hydrogen-bond acceptors (Lipinski definition) is 3. The van der Waals surface area contributed by atoms with Crippen LogP contribution in [-0.4, -0.2) is 17.5 Å². The van der Waals surface area contributed by atoms with E-state index in [1.807, 2.05) is 20.8 Å². The molecule has 0 spiro atoms. The van der Waals surface area contributed by atoms with Crippen LogP contribution in [0.25, 0.3) is 0 Å². The molecule has 0 aromatic heterocycles. The van der Waals surface area contributed by atoms with Crippen LogP contribution in [0.3, 0.4) is 0 Å². The molecule has 2 atom stereocenters. The van der Waals surface area contributed by atoms with Crippen LogP contribution in [-0.2, 0) is 14.5 Å². The molecule has 1 rings (SSSR count). The molecular formula is C13H26O3. The molecular weight excluding hydrogens is 204 g/mol. The maximum atomic E-state index is 5.94. The number of hydrogen-bond donors (Lipinski definition) is 0. The number of rotatable bonds is 3. The van der Waals surface area contributed by atoms with E-state index in [1.54, 1.807) is 0 Å². The Balaban J connectivity index is 2.59. The van der Waals surface area contributed by atoms with Crippen molar-refractivity contribution in [1.29, 1.82) is 0 Å². The Morgan fingerprint density at radius 3 is 2.38 bits per heavy atom. The first-order chi connectivity index (χ1) is 7.22.